The number of fused-ring (bicyclic) bond motifs is 7. The largest absolute Gasteiger partial charge is 0.310 e. The SMILES string of the molecule is Cc1ccccc1N(c1ccccc1)c1cc2c(c3ccccc13)c1c3ccccc3c(N(c3ccccc3)c3ccccc3C)cc1n2-c1ccc(C(C)(C)C)cc1. The number of benzene rings is 9. The number of aryl methyl sites for hydroxylation is 2. The fourth-order valence-electron chi connectivity index (χ4n) is 9.05. The average molecular weight is 762 g/mol. The number of hydrogen-bond donors (Lipinski definition) is 0. The Morgan fingerprint density at radius 3 is 1.15 bits per heavy atom. The van der Waals surface area contributed by atoms with E-state index in [2.05, 4.69) is 243 Å². The molecule has 0 N–H and O–H groups in total. The second-order valence-corrected chi connectivity index (χ2v) is 16.7. The molecule has 3 heteroatoms. The van der Waals surface area contributed by atoms with Crippen LogP contribution in [0.15, 0.2) is 194 Å². The fourth-order valence-corrected chi connectivity index (χ4v) is 9.05. The topological polar surface area (TPSA) is 11.4 Å². The molecule has 0 amide bonds. The van der Waals surface area contributed by atoms with E-state index in [1.807, 2.05) is 0 Å². The minimum absolute atomic E-state index is 0.0273. The van der Waals surface area contributed by atoms with Crippen molar-refractivity contribution >= 4 is 77.5 Å². The summed E-state index contributed by atoms with van der Waals surface area (Å²) in [6, 6.07) is 71.2. The van der Waals surface area contributed by atoms with Crippen LogP contribution in [0.5, 0.6) is 0 Å². The summed E-state index contributed by atoms with van der Waals surface area (Å²) in [5, 5.41) is 7.35. The zero-order valence-corrected chi connectivity index (χ0v) is 34.3. The Bertz CT molecular complexity index is 2970. The van der Waals surface area contributed by atoms with Gasteiger partial charge >= 0.3 is 0 Å². The zero-order chi connectivity index (χ0) is 40.3. The van der Waals surface area contributed by atoms with Gasteiger partial charge in [0.2, 0.25) is 0 Å². The minimum Gasteiger partial charge on any atom is -0.310 e. The number of anilines is 6. The van der Waals surface area contributed by atoms with Crippen molar-refractivity contribution in [3.8, 4) is 5.69 Å². The lowest BCUT2D eigenvalue weighted by molar-refractivity contribution is 0.590. The Labute approximate surface area is 347 Å². The standard InChI is InChI=1S/C56H47N3/c1-38-20-12-18-30-48(38)57(41-22-8-6-9-23-41)50-36-52-54(46-28-16-14-26-44(46)50)55-47-29-17-15-27-45(47)51(37-53(55)59(52)43-34-32-40(33-35-43)56(3,4)5)58(42-24-10-7-11-25-42)49-31-19-13-21-39(49)2/h6-37H,1-5H3. The first-order valence-corrected chi connectivity index (χ1v) is 20.6. The molecule has 0 spiro atoms. The van der Waals surface area contributed by atoms with E-state index in [0.717, 1.165) is 50.8 Å². The van der Waals surface area contributed by atoms with E-state index < -0.39 is 0 Å². The first-order chi connectivity index (χ1) is 28.8. The third-order valence-electron chi connectivity index (χ3n) is 12.0. The molecular formula is C56H47N3. The Hall–Kier alpha value is -7.10. The molecule has 0 bridgehead atoms. The maximum atomic E-state index is 2.52. The summed E-state index contributed by atoms with van der Waals surface area (Å²) < 4.78 is 2.52. The van der Waals surface area contributed by atoms with Gasteiger partial charge < -0.3 is 14.4 Å². The highest BCUT2D eigenvalue weighted by Crippen LogP contribution is 2.50. The van der Waals surface area contributed by atoms with Crippen LogP contribution in [-0.4, -0.2) is 4.57 Å². The van der Waals surface area contributed by atoms with Crippen molar-refractivity contribution in [3.63, 3.8) is 0 Å². The summed E-state index contributed by atoms with van der Waals surface area (Å²) in [5.74, 6) is 0. The van der Waals surface area contributed by atoms with Gasteiger partial charge in [-0.15, -0.1) is 0 Å². The lowest BCUT2D eigenvalue weighted by Crippen LogP contribution is -2.12. The van der Waals surface area contributed by atoms with Gasteiger partial charge in [-0.2, -0.15) is 0 Å². The molecule has 1 heterocycles. The highest BCUT2D eigenvalue weighted by Gasteiger charge is 2.26. The molecule has 286 valence electrons. The summed E-state index contributed by atoms with van der Waals surface area (Å²) in [5.41, 5.74) is 14.0. The summed E-state index contributed by atoms with van der Waals surface area (Å²) >= 11 is 0. The molecule has 0 aliphatic heterocycles. The van der Waals surface area contributed by atoms with E-state index in [0.29, 0.717) is 0 Å². The molecule has 0 saturated carbocycles. The van der Waals surface area contributed by atoms with Crippen molar-refractivity contribution in [2.24, 2.45) is 0 Å². The quantitative estimate of drug-likeness (QED) is 0.160. The summed E-state index contributed by atoms with van der Waals surface area (Å²) in [6.07, 6.45) is 0. The predicted molar refractivity (Wildman–Crippen MR) is 253 cm³/mol. The Morgan fingerprint density at radius 2 is 0.746 bits per heavy atom. The monoisotopic (exact) mass is 761 g/mol. The fraction of sp³-hybridized carbons (Fsp3) is 0.107. The normalized spacial score (nSPS) is 11.8. The molecule has 0 aliphatic rings. The number of rotatable bonds is 7. The molecule has 3 nitrogen and oxygen atoms in total. The van der Waals surface area contributed by atoms with Crippen molar-refractivity contribution in [1.82, 2.24) is 4.57 Å². The van der Waals surface area contributed by atoms with Crippen LogP contribution < -0.4 is 9.80 Å². The molecule has 1 aromatic heterocycles. The molecule has 0 unspecified atom stereocenters. The second-order valence-electron chi connectivity index (χ2n) is 16.7. The maximum absolute atomic E-state index is 2.52. The minimum atomic E-state index is 0.0273. The van der Waals surface area contributed by atoms with Crippen LogP contribution in [0.4, 0.5) is 34.1 Å². The summed E-state index contributed by atoms with van der Waals surface area (Å²) in [6.45, 7) is 11.3. The van der Waals surface area contributed by atoms with Crippen molar-refractivity contribution in [1.29, 1.82) is 0 Å². The molecule has 0 radical (unpaired) electrons. The van der Waals surface area contributed by atoms with Crippen LogP contribution in [-0.2, 0) is 5.41 Å². The number of hydrogen-bond acceptors (Lipinski definition) is 2. The third kappa shape index (κ3) is 6.13. The zero-order valence-electron chi connectivity index (χ0n) is 34.3. The Kier molecular flexibility index (Phi) is 8.83. The van der Waals surface area contributed by atoms with Crippen LogP contribution in [0.2, 0.25) is 0 Å². The first-order valence-electron chi connectivity index (χ1n) is 20.6. The van der Waals surface area contributed by atoms with Gasteiger partial charge in [0, 0.05) is 50.0 Å². The van der Waals surface area contributed by atoms with Crippen molar-refractivity contribution in [2.75, 3.05) is 9.80 Å². The lowest BCUT2D eigenvalue weighted by atomic mass is 9.87. The number of aromatic nitrogens is 1. The first kappa shape index (κ1) is 36.3. The molecule has 10 aromatic rings. The lowest BCUT2D eigenvalue weighted by Gasteiger charge is -2.28. The van der Waals surface area contributed by atoms with Crippen LogP contribution in [0.1, 0.15) is 37.5 Å². The molecule has 0 atom stereocenters. The molecule has 0 saturated heterocycles. The predicted octanol–water partition coefficient (Wildman–Crippen LogP) is 15.9. The van der Waals surface area contributed by atoms with Crippen LogP contribution in [0, 0.1) is 13.8 Å². The van der Waals surface area contributed by atoms with Crippen molar-refractivity contribution < 1.29 is 0 Å². The average Bonchev–Trinajstić information content (AvgIpc) is 3.60. The highest BCUT2D eigenvalue weighted by atomic mass is 15.2. The Morgan fingerprint density at radius 1 is 0.373 bits per heavy atom. The van der Waals surface area contributed by atoms with E-state index >= 15 is 0 Å². The smallest absolute Gasteiger partial charge is 0.0568 e. The Balaban J connectivity index is 1.39. The summed E-state index contributed by atoms with van der Waals surface area (Å²) in [7, 11) is 0. The van der Waals surface area contributed by atoms with Gasteiger partial charge in [-0.3, -0.25) is 0 Å². The van der Waals surface area contributed by atoms with Gasteiger partial charge in [0.25, 0.3) is 0 Å². The van der Waals surface area contributed by atoms with E-state index in [1.54, 1.807) is 0 Å². The highest BCUT2D eigenvalue weighted by molar-refractivity contribution is 6.32. The van der Waals surface area contributed by atoms with Gasteiger partial charge in [-0.05, 0) is 107 Å². The third-order valence-corrected chi connectivity index (χ3v) is 12.0. The molecule has 10 rings (SSSR count). The van der Waals surface area contributed by atoms with Gasteiger partial charge in [-0.25, -0.2) is 0 Å². The van der Waals surface area contributed by atoms with Gasteiger partial charge in [0.1, 0.15) is 0 Å². The van der Waals surface area contributed by atoms with Crippen LogP contribution in [0.3, 0.4) is 0 Å². The van der Waals surface area contributed by atoms with E-state index in [-0.39, 0.29) is 5.41 Å². The van der Waals surface area contributed by atoms with Crippen LogP contribution >= 0.6 is 0 Å². The van der Waals surface area contributed by atoms with Gasteiger partial charge in [0.15, 0.2) is 0 Å². The number of nitrogens with zero attached hydrogens (tertiary/aromatic N) is 3. The second kappa shape index (κ2) is 14.4. The molecule has 9 aromatic carbocycles. The van der Waals surface area contributed by atoms with Crippen molar-refractivity contribution in [3.05, 3.63) is 211 Å². The number of para-hydroxylation sites is 4. The van der Waals surface area contributed by atoms with E-state index in [9.17, 15) is 0 Å². The molecule has 59 heavy (non-hydrogen) atoms. The molecular weight excluding hydrogens is 715 g/mol. The van der Waals surface area contributed by atoms with Gasteiger partial charge in [-0.1, -0.05) is 154 Å². The summed E-state index contributed by atoms with van der Waals surface area (Å²) in [4.78, 5) is 4.89. The van der Waals surface area contributed by atoms with Gasteiger partial charge in [0.05, 0.1) is 22.4 Å². The maximum Gasteiger partial charge on any atom is 0.0568 e. The van der Waals surface area contributed by atoms with E-state index in [4.69, 9.17) is 0 Å². The van der Waals surface area contributed by atoms with E-state index in [1.165, 1.54) is 49.0 Å². The molecule has 0 aliphatic carbocycles. The van der Waals surface area contributed by atoms with Crippen molar-refractivity contribution in [2.45, 2.75) is 40.0 Å². The van der Waals surface area contributed by atoms with Crippen LogP contribution in [0.25, 0.3) is 49.0 Å². The molecule has 0 fully saturated rings.